The zero-order valence-electron chi connectivity index (χ0n) is 13.0. The van der Waals surface area contributed by atoms with E-state index in [0.29, 0.717) is 0 Å². The molecule has 0 atom stereocenters. The molecule has 3 heteroatoms. The maximum atomic E-state index is 6.06. The van der Waals surface area contributed by atoms with Crippen molar-refractivity contribution < 1.29 is 4.58 Å². The van der Waals surface area contributed by atoms with Crippen LogP contribution in [0.5, 0.6) is 0 Å². The van der Waals surface area contributed by atoms with Crippen LogP contribution >= 0.6 is 11.6 Å². The fourth-order valence-corrected chi connectivity index (χ4v) is 3.18. The Balaban J connectivity index is 2.08. The minimum atomic E-state index is 0.783. The van der Waals surface area contributed by atoms with Crippen LogP contribution < -0.4 is 4.90 Å². The van der Waals surface area contributed by atoms with E-state index in [1.54, 1.807) is 0 Å². The molecule has 0 aromatic heterocycles. The van der Waals surface area contributed by atoms with Crippen LogP contribution in [0.25, 0.3) is 0 Å². The van der Waals surface area contributed by atoms with E-state index in [4.69, 9.17) is 11.6 Å². The Morgan fingerprint density at radius 1 is 0.909 bits per heavy atom. The van der Waals surface area contributed by atoms with Crippen LogP contribution in [0.3, 0.4) is 0 Å². The Morgan fingerprint density at radius 3 is 2.36 bits per heavy atom. The van der Waals surface area contributed by atoms with Gasteiger partial charge in [0.15, 0.2) is 0 Å². The van der Waals surface area contributed by atoms with E-state index < -0.39 is 0 Å². The van der Waals surface area contributed by atoms with Crippen LogP contribution in [-0.2, 0) is 0 Å². The van der Waals surface area contributed by atoms with Crippen LogP contribution in [0.15, 0.2) is 54.6 Å². The fraction of sp³-hybridized carbons (Fsp3) is 0.316. The lowest BCUT2D eigenvalue weighted by atomic mass is 10.1. The summed E-state index contributed by atoms with van der Waals surface area (Å²) in [5.74, 6) is 1.28. The second-order valence-corrected chi connectivity index (χ2v) is 6.24. The maximum Gasteiger partial charge on any atom is 0.284 e. The summed E-state index contributed by atoms with van der Waals surface area (Å²) in [5.41, 5.74) is 2.47. The highest BCUT2D eigenvalue weighted by Crippen LogP contribution is 2.22. The largest absolute Gasteiger partial charge is 0.284 e. The van der Waals surface area contributed by atoms with Crippen LogP contribution in [0.2, 0.25) is 5.02 Å². The van der Waals surface area contributed by atoms with E-state index in [1.807, 2.05) is 12.1 Å². The standard InChI is InChI=1S/C19H22ClN2/c1-21-14-6-3-7-15-22(18-12-10-17(20)11-13-18)19(21)16-8-4-2-5-9-16/h2,4-5,8-13H,3,6-7,14-15H2,1H3/q+1. The molecule has 0 amide bonds. The molecule has 0 spiro atoms. The van der Waals surface area contributed by atoms with Crippen molar-refractivity contribution in [1.29, 1.82) is 0 Å². The second-order valence-electron chi connectivity index (χ2n) is 5.80. The molecule has 1 heterocycles. The summed E-state index contributed by atoms with van der Waals surface area (Å²) in [5, 5.41) is 0.783. The van der Waals surface area contributed by atoms with Gasteiger partial charge in [0.25, 0.3) is 5.84 Å². The molecule has 0 radical (unpaired) electrons. The first kappa shape index (κ1) is 15.1. The molecular formula is C19H22ClN2+. The lowest BCUT2D eigenvalue weighted by Gasteiger charge is -2.24. The minimum Gasteiger partial charge on any atom is -0.264 e. The number of anilines is 1. The van der Waals surface area contributed by atoms with Gasteiger partial charge >= 0.3 is 0 Å². The molecule has 0 saturated heterocycles. The molecule has 3 rings (SSSR count). The van der Waals surface area contributed by atoms with E-state index >= 15 is 0 Å². The van der Waals surface area contributed by atoms with E-state index in [9.17, 15) is 0 Å². The average molecular weight is 314 g/mol. The number of rotatable bonds is 2. The van der Waals surface area contributed by atoms with Crippen molar-refractivity contribution in [3.8, 4) is 0 Å². The Hall–Kier alpha value is -1.80. The van der Waals surface area contributed by atoms with Crippen LogP contribution in [-0.4, -0.2) is 30.5 Å². The molecule has 0 saturated carbocycles. The van der Waals surface area contributed by atoms with E-state index in [2.05, 4.69) is 59.0 Å². The van der Waals surface area contributed by atoms with Gasteiger partial charge in [-0.25, -0.2) is 4.90 Å². The van der Waals surface area contributed by atoms with Gasteiger partial charge in [-0.1, -0.05) is 29.8 Å². The third kappa shape index (κ3) is 3.33. The van der Waals surface area contributed by atoms with Crippen molar-refractivity contribution in [2.45, 2.75) is 19.3 Å². The highest BCUT2D eigenvalue weighted by Gasteiger charge is 2.26. The Morgan fingerprint density at radius 2 is 1.64 bits per heavy atom. The first-order chi connectivity index (χ1) is 10.8. The summed E-state index contributed by atoms with van der Waals surface area (Å²) in [4.78, 5) is 2.42. The Labute approximate surface area is 137 Å². The molecule has 0 fully saturated rings. The third-order valence-corrected chi connectivity index (χ3v) is 4.41. The van der Waals surface area contributed by atoms with Crippen molar-refractivity contribution in [3.05, 3.63) is 65.2 Å². The SMILES string of the molecule is C[N+]1=C(c2ccccc2)N(c2ccc(Cl)cc2)CCCCC1. The highest BCUT2D eigenvalue weighted by atomic mass is 35.5. The molecule has 0 aliphatic carbocycles. The topological polar surface area (TPSA) is 6.25 Å². The predicted octanol–water partition coefficient (Wildman–Crippen LogP) is 4.42. The summed E-state index contributed by atoms with van der Waals surface area (Å²) < 4.78 is 2.38. The van der Waals surface area contributed by atoms with E-state index in [1.165, 1.54) is 36.3 Å². The zero-order valence-corrected chi connectivity index (χ0v) is 13.8. The summed E-state index contributed by atoms with van der Waals surface area (Å²) >= 11 is 6.06. The fourth-order valence-electron chi connectivity index (χ4n) is 3.05. The van der Waals surface area contributed by atoms with Crippen LogP contribution in [0.4, 0.5) is 5.69 Å². The first-order valence-corrected chi connectivity index (χ1v) is 8.30. The van der Waals surface area contributed by atoms with Gasteiger partial charge < -0.3 is 0 Å². The van der Waals surface area contributed by atoms with Crippen molar-refractivity contribution >= 4 is 23.1 Å². The first-order valence-electron chi connectivity index (χ1n) is 7.92. The molecule has 2 aromatic rings. The van der Waals surface area contributed by atoms with Gasteiger partial charge in [0.05, 0.1) is 25.7 Å². The number of nitrogens with zero attached hydrogens (tertiary/aromatic N) is 2. The van der Waals surface area contributed by atoms with Gasteiger partial charge in [-0.2, -0.15) is 0 Å². The van der Waals surface area contributed by atoms with Gasteiger partial charge in [-0.15, -0.1) is 0 Å². The van der Waals surface area contributed by atoms with Gasteiger partial charge in [0, 0.05) is 5.02 Å². The summed E-state index contributed by atoms with van der Waals surface area (Å²) in [6.45, 7) is 2.13. The lowest BCUT2D eigenvalue weighted by molar-refractivity contribution is -0.498. The number of benzene rings is 2. The van der Waals surface area contributed by atoms with Gasteiger partial charge in [-0.3, -0.25) is 4.58 Å². The molecule has 0 unspecified atom stereocenters. The summed E-state index contributed by atoms with van der Waals surface area (Å²) in [7, 11) is 2.19. The summed E-state index contributed by atoms with van der Waals surface area (Å²) in [6.07, 6.45) is 3.74. The Bertz CT molecular complexity index is 647. The van der Waals surface area contributed by atoms with Crippen molar-refractivity contribution in [3.63, 3.8) is 0 Å². The molecule has 1 aliphatic heterocycles. The van der Waals surface area contributed by atoms with Crippen molar-refractivity contribution in [2.75, 3.05) is 25.0 Å². The smallest absolute Gasteiger partial charge is 0.264 e. The zero-order chi connectivity index (χ0) is 15.4. The quantitative estimate of drug-likeness (QED) is 0.744. The number of halogens is 1. The number of hydrogen-bond donors (Lipinski definition) is 0. The predicted molar refractivity (Wildman–Crippen MR) is 94.3 cm³/mol. The van der Waals surface area contributed by atoms with Gasteiger partial charge in [0.2, 0.25) is 0 Å². The number of hydrogen-bond acceptors (Lipinski definition) is 1. The van der Waals surface area contributed by atoms with E-state index in [-0.39, 0.29) is 0 Å². The molecule has 114 valence electrons. The highest BCUT2D eigenvalue weighted by molar-refractivity contribution is 6.30. The Kier molecular flexibility index (Phi) is 4.79. The minimum absolute atomic E-state index is 0.783. The molecule has 0 N–H and O–H groups in total. The van der Waals surface area contributed by atoms with Gasteiger partial charge in [0.1, 0.15) is 5.69 Å². The lowest BCUT2D eigenvalue weighted by Crippen LogP contribution is -2.40. The molecule has 22 heavy (non-hydrogen) atoms. The maximum absolute atomic E-state index is 6.06. The van der Waals surface area contributed by atoms with Crippen molar-refractivity contribution in [2.24, 2.45) is 0 Å². The number of amidine groups is 1. The second kappa shape index (κ2) is 6.97. The van der Waals surface area contributed by atoms with Crippen LogP contribution in [0, 0.1) is 0 Å². The van der Waals surface area contributed by atoms with E-state index in [0.717, 1.165) is 18.1 Å². The summed E-state index contributed by atoms with van der Waals surface area (Å²) in [6, 6.07) is 18.8. The molecule has 2 nitrogen and oxygen atoms in total. The third-order valence-electron chi connectivity index (χ3n) is 4.16. The molecule has 0 bridgehead atoms. The normalized spacial score (nSPS) is 16.4. The molecular weight excluding hydrogens is 292 g/mol. The van der Waals surface area contributed by atoms with Gasteiger partial charge in [-0.05, 0) is 55.7 Å². The monoisotopic (exact) mass is 313 g/mol. The molecule has 1 aliphatic rings. The van der Waals surface area contributed by atoms with Crippen LogP contribution in [0.1, 0.15) is 24.8 Å². The van der Waals surface area contributed by atoms with Crippen molar-refractivity contribution in [1.82, 2.24) is 0 Å². The molecule has 2 aromatic carbocycles. The average Bonchev–Trinajstić information content (AvgIpc) is 2.53.